The number of hydrogen-bond acceptors (Lipinski definition) is 4. The fourth-order valence-corrected chi connectivity index (χ4v) is 4.32. The molecule has 3 rings (SSSR count). The van der Waals surface area contributed by atoms with Crippen molar-refractivity contribution in [1.29, 1.82) is 0 Å². The highest BCUT2D eigenvalue weighted by Gasteiger charge is 2.33. The van der Waals surface area contributed by atoms with Gasteiger partial charge in [0.05, 0.1) is 17.1 Å². The van der Waals surface area contributed by atoms with E-state index in [0.29, 0.717) is 18.5 Å². The number of hydrogen-bond donors (Lipinski definition) is 3. The first-order valence-electron chi connectivity index (χ1n) is 10.2. The van der Waals surface area contributed by atoms with Crippen LogP contribution in [-0.2, 0) is 14.4 Å². The largest absolute Gasteiger partial charge is 0.481 e. The average Bonchev–Trinajstić information content (AvgIpc) is 2.75. The summed E-state index contributed by atoms with van der Waals surface area (Å²) in [6.45, 7) is 3.81. The van der Waals surface area contributed by atoms with E-state index in [0.717, 1.165) is 16.1 Å². The molecule has 7 heteroatoms. The molecule has 2 amide bonds. The number of nitrogens with one attached hydrogen (secondary N) is 2. The first-order chi connectivity index (χ1) is 14.8. The Kier molecular flexibility index (Phi) is 7.52. The molecule has 2 aromatic carbocycles. The number of carbonyl (C=O) groups is 3. The van der Waals surface area contributed by atoms with Gasteiger partial charge in [-0.1, -0.05) is 24.3 Å². The molecule has 3 atom stereocenters. The van der Waals surface area contributed by atoms with Gasteiger partial charge in [-0.25, -0.2) is 0 Å². The van der Waals surface area contributed by atoms with Gasteiger partial charge in [0, 0.05) is 16.3 Å². The number of benzene rings is 2. The molecule has 3 N–H and O–H groups in total. The quantitative estimate of drug-likeness (QED) is 0.429. The number of amides is 2. The Morgan fingerprint density at radius 3 is 2.29 bits per heavy atom. The van der Waals surface area contributed by atoms with Gasteiger partial charge in [0.2, 0.25) is 11.8 Å². The lowest BCUT2D eigenvalue weighted by atomic mass is 9.82. The summed E-state index contributed by atoms with van der Waals surface area (Å²) in [6, 6.07) is 14.9. The fraction of sp³-hybridized carbons (Fsp3) is 0.292. The Hall–Kier alpha value is -3.06. The lowest BCUT2D eigenvalue weighted by Gasteiger charge is -2.24. The molecular formula is C24H26N2O4S. The number of carboxylic acids is 1. The van der Waals surface area contributed by atoms with E-state index in [9.17, 15) is 19.5 Å². The highest BCUT2D eigenvalue weighted by molar-refractivity contribution is 8.00. The lowest BCUT2D eigenvalue weighted by Crippen LogP contribution is -2.34. The summed E-state index contributed by atoms with van der Waals surface area (Å²) in [7, 11) is 0. The maximum atomic E-state index is 12.6. The highest BCUT2D eigenvalue weighted by Crippen LogP contribution is 2.29. The summed E-state index contributed by atoms with van der Waals surface area (Å²) in [4.78, 5) is 37.3. The third kappa shape index (κ3) is 6.21. The lowest BCUT2D eigenvalue weighted by molar-refractivity contribution is -0.146. The monoisotopic (exact) mass is 438 g/mol. The van der Waals surface area contributed by atoms with Crippen molar-refractivity contribution in [3.63, 3.8) is 0 Å². The van der Waals surface area contributed by atoms with Crippen LogP contribution in [0.3, 0.4) is 0 Å². The second kappa shape index (κ2) is 10.3. The first kappa shape index (κ1) is 22.6. The van der Waals surface area contributed by atoms with Gasteiger partial charge in [-0.15, -0.1) is 11.8 Å². The molecule has 0 radical (unpaired) electrons. The topological polar surface area (TPSA) is 95.5 Å². The van der Waals surface area contributed by atoms with Crippen molar-refractivity contribution in [2.45, 2.75) is 36.8 Å². The zero-order valence-electron chi connectivity index (χ0n) is 17.5. The first-order valence-corrected chi connectivity index (χ1v) is 11.0. The van der Waals surface area contributed by atoms with Crippen molar-refractivity contribution < 1.29 is 19.5 Å². The molecule has 1 aliphatic rings. The summed E-state index contributed by atoms with van der Waals surface area (Å²) in [6.07, 6.45) is 4.45. The minimum atomic E-state index is -0.950. The molecule has 162 valence electrons. The molecule has 31 heavy (non-hydrogen) atoms. The Morgan fingerprint density at radius 1 is 0.968 bits per heavy atom. The molecule has 2 aromatic rings. The Labute approximate surface area is 186 Å². The summed E-state index contributed by atoms with van der Waals surface area (Å²) in [5, 5.41) is 14.8. The van der Waals surface area contributed by atoms with Crippen molar-refractivity contribution >= 4 is 40.9 Å². The van der Waals surface area contributed by atoms with Crippen LogP contribution < -0.4 is 10.6 Å². The predicted molar refractivity (Wildman–Crippen MR) is 123 cm³/mol. The number of allylic oxidation sites excluding steroid dienone is 2. The van der Waals surface area contributed by atoms with E-state index >= 15 is 0 Å². The Bertz CT molecular complexity index is 987. The molecule has 0 heterocycles. The second-order valence-corrected chi connectivity index (χ2v) is 9.04. The number of anilines is 2. The minimum absolute atomic E-state index is 0.0851. The van der Waals surface area contributed by atoms with Crippen molar-refractivity contribution in [1.82, 2.24) is 0 Å². The normalized spacial score (nSPS) is 18.8. The molecule has 0 bridgehead atoms. The molecule has 0 aliphatic heterocycles. The van der Waals surface area contributed by atoms with E-state index < -0.39 is 17.8 Å². The van der Waals surface area contributed by atoms with Crippen LogP contribution in [0.4, 0.5) is 11.4 Å². The van der Waals surface area contributed by atoms with Gasteiger partial charge in [0.25, 0.3) is 0 Å². The van der Waals surface area contributed by atoms with E-state index in [1.54, 1.807) is 12.1 Å². The Balaban J connectivity index is 1.56. The maximum Gasteiger partial charge on any atom is 0.307 e. The standard InChI is InChI=1S/C24H26N2O4S/c1-15-6-5-7-18(14-15)26-22(27)16(2)31-19-12-10-17(11-13-19)25-23(28)20-8-3-4-9-21(20)24(29)30/h3-7,10-14,16,20-21H,8-9H2,1-2H3,(H,25,28)(H,26,27)(H,29,30). The number of thioether (sulfide) groups is 1. The number of carbonyl (C=O) groups excluding carboxylic acids is 2. The molecule has 0 saturated heterocycles. The van der Waals surface area contributed by atoms with Crippen LogP contribution in [0.2, 0.25) is 0 Å². The van der Waals surface area contributed by atoms with E-state index in [-0.39, 0.29) is 17.1 Å². The van der Waals surface area contributed by atoms with Crippen molar-refractivity contribution in [3.8, 4) is 0 Å². The molecule has 0 aromatic heterocycles. The van der Waals surface area contributed by atoms with Gasteiger partial charge in [0.15, 0.2) is 0 Å². The van der Waals surface area contributed by atoms with Crippen LogP contribution in [0.1, 0.15) is 25.3 Å². The van der Waals surface area contributed by atoms with Crippen molar-refractivity contribution in [3.05, 3.63) is 66.2 Å². The molecule has 6 nitrogen and oxygen atoms in total. The van der Waals surface area contributed by atoms with Gasteiger partial charge in [-0.05, 0) is 68.7 Å². The van der Waals surface area contributed by atoms with Gasteiger partial charge in [-0.3, -0.25) is 14.4 Å². The molecule has 1 aliphatic carbocycles. The van der Waals surface area contributed by atoms with E-state index in [1.165, 1.54) is 11.8 Å². The van der Waals surface area contributed by atoms with Crippen molar-refractivity contribution in [2.24, 2.45) is 11.8 Å². The molecule has 0 spiro atoms. The number of rotatable bonds is 7. The van der Waals surface area contributed by atoms with Gasteiger partial charge in [-0.2, -0.15) is 0 Å². The molecule has 3 unspecified atom stereocenters. The van der Waals surface area contributed by atoms with Crippen LogP contribution in [-0.4, -0.2) is 28.1 Å². The van der Waals surface area contributed by atoms with Crippen molar-refractivity contribution in [2.75, 3.05) is 10.6 Å². The molecule has 0 saturated carbocycles. The smallest absolute Gasteiger partial charge is 0.307 e. The van der Waals surface area contributed by atoms with Gasteiger partial charge >= 0.3 is 5.97 Å². The maximum absolute atomic E-state index is 12.6. The van der Waals surface area contributed by atoms with Crippen LogP contribution in [0, 0.1) is 18.8 Å². The van der Waals surface area contributed by atoms with Gasteiger partial charge in [0.1, 0.15) is 0 Å². The van der Waals surface area contributed by atoms with E-state index in [4.69, 9.17) is 0 Å². The van der Waals surface area contributed by atoms with Gasteiger partial charge < -0.3 is 15.7 Å². The fourth-order valence-electron chi connectivity index (χ4n) is 3.45. The summed E-state index contributed by atoms with van der Waals surface area (Å²) in [5.41, 5.74) is 2.45. The van der Waals surface area contributed by atoms with Crippen LogP contribution >= 0.6 is 11.8 Å². The number of aryl methyl sites for hydroxylation is 1. The second-order valence-electron chi connectivity index (χ2n) is 7.63. The zero-order valence-corrected chi connectivity index (χ0v) is 18.3. The van der Waals surface area contributed by atoms with Crippen LogP contribution in [0.15, 0.2) is 65.6 Å². The highest BCUT2D eigenvalue weighted by atomic mass is 32.2. The predicted octanol–water partition coefficient (Wildman–Crippen LogP) is 4.72. The summed E-state index contributed by atoms with van der Waals surface area (Å²) in [5.74, 6) is -2.61. The molecular weight excluding hydrogens is 412 g/mol. The minimum Gasteiger partial charge on any atom is -0.481 e. The van der Waals surface area contributed by atoms with E-state index in [1.807, 2.05) is 62.4 Å². The SMILES string of the molecule is Cc1cccc(NC(=O)C(C)Sc2ccc(NC(=O)C3CC=CCC3C(=O)O)cc2)c1. The van der Waals surface area contributed by atoms with Crippen LogP contribution in [0.5, 0.6) is 0 Å². The summed E-state index contributed by atoms with van der Waals surface area (Å²) < 4.78 is 0. The number of aliphatic carboxylic acids is 1. The zero-order chi connectivity index (χ0) is 22.4. The average molecular weight is 439 g/mol. The third-order valence-corrected chi connectivity index (χ3v) is 6.29. The molecule has 0 fully saturated rings. The Morgan fingerprint density at radius 2 is 1.65 bits per heavy atom. The van der Waals surface area contributed by atoms with E-state index in [2.05, 4.69) is 10.6 Å². The van der Waals surface area contributed by atoms with Crippen LogP contribution in [0.25, 0.3) is 0 Å². The number of carboxylic acid groups (broad SMARTS) is 1. The third-order valence-electron chi connectivity index (χ3n) is 5.18. The summed E-state index contributed by atoms with van der Waals surface area (Å²) >= 11 is 1.42.